The Kier molecular flexibility index (Phi) is 6.96. The zero-order chi connectivity index (χ0) is 22.7. The van der Waals surface area contributed by atoms with E-state index in [1.165, 1.54) is 51.4 Å². The van der Waals surface area contributed by atoms with Crippen molar-refractivity contribution in [3.8, 4) is 0 Å². The molecule has 8 nitrogen and oxygen atoms in total. The van der Waals surface area contributed by atoms with Crippen molar-refractivity contribution in [3.63, 3.8) is 0 Å². The largest absolute Gasteiger partial charge is 0.370 e. The quantitative estimate of drug-likeness (QED) is 0.551. The van der Waals surface area contributed by atoms with Crippen LogP contribution in [0.15, 0.2) is 12.4 Å². The molecule has 0 amide bonds. The first-order chi connectivity index (χ1) is 16.8. The lowest BCUT2D eigenvalue weighted by Crippen LogP contribution is -2.29. The Morgan fingerprint density at radius 2 is 1.06 bits per heavy atom. The van der Waals surface area contributed by atoms with Crippen LogP contribution in [0.1, 0.15) is 88.4 Å². The van der Waals surface area contributed by atoms with E-state index >= 15 is 0 Å². The lowest BCUT2D eigenvalue weighted by molar-refractivity contribution is -0.0714. The Morgan fingerprint density at radius 3 is 1.50 bits per heavy atom. The van der Waals surface area contributed by atoms with Gasteiger partial charge in [-0.05, 0) is 50.4 Å². The summed E-state index contributed by atoms with van der Waals surface area (Å²) in [6.07, 6.45) is 22.4. The maximum Gasteiger partial charge on any atom is 0.0842 e. The van der Waals surface area contributed by atoms with E-state index in [0.717, 1.165) is 74.8 Å². The monoisotopic (exact) mass is 468 g/mol. The Balaban J connectivity index is 0.940. The maximum atomic E-state index is 6.42. The van der Waals surface area contributed by atoms with Crippen LogP contribution in [0.5, 0.6) is 0 Å². The van der Waals surface area contributed by atoms with Gasteiger partial charge in [0.05, 0.1) is 48.9 Å². The van der Waals surface area contributed by atoms with Gasteiger partial charge in [0.15, 0.2) is 0 Å². The average Bonchev–Trinajstić information content (AvgIpc) is 3.66. The van der Waals surface area contributed by atoms with E-state index in [4.69, 9.17) is 9.47 Å². The molecule has 2 aliphatic heterocycles. The molecule has 4 aliphatic rings. The number of nitrogens with zero attached hydrogens (tertiary/aromatic N) is 6. The highest BCUT2D eigenvalue weighted by atomic mass is 16.6. The molecule has 6 rings (SSSR count). The molecule has 8 heteroatoms. The van der Waals surface area contributed by atoms with Crippen LogP contribution in [0, 0.1) is 11.8 Å². The van der Waals surface area contributed by atoms with Crippen LogP contribution in [-0.2, 0) is 35.4 Å². The summed E-state index contributed by atoms with van der Waals surface area (Å²) in [6, 6.07) is 0. The summed E-state index contributed by atoms with van der Waals surface area (Å²) in [7, 11) is 0. The zero-order valence-corrected chi connectivity index (χ0v) is 20.4. The third-order valence-corrected chi connectivity index (χ3v) is 8.59. The fraction of sp³-hybridized carbons (Fsp3) is 0.846. The van der Waals surface area contributed by atoms with Crippen molar-refractivity contribution in [1.29, 1.82) is 0 Å². The fourth-order valence-corrected chi connectivity index (χ4v) is 6.76. The first kappa shape index (κ1) is 22.7. The lowest BCUT2D eigenvalue weighted by Gasteiger charge is -2.20. The summed E-state index contributed by atoms with van der Waals surface area (Å²) in [6.45, 7) is 1.60. The SMILES string of the molecule is c1c(CC2CCCC2)nnn1C[C@H]1CC[C@@H]([C@@H]2CC[C@H](Cn3cc(CC4CCCC4)nn3)O2)O1. The Bertz CT molecular complexity index is 842. The van der Waals surface area contributed by atoms with Gasteiger partial charge in [-0.25, -0.2) is 9.36 Å². The standard InChI is InChI=1S/C26H40N6O2/c1-2-6-19(5-1)13-21-15-31(29-27-21)17-23-9-11-25(33-23)26-12-10-24(34-26)18-32-16-22(28-30-32)14-20-7-3-4-8-20/h15-16,19-20,23-26H,1-14,17-18H2/t23-,24-,25+,26+/m1/s1. The van der Waals surface area contributed by atoms with Crippen molar-refractivity contribution in [2.75, 3.05) is 0 Å². The zero-order valence-electron chi connectivity index (χ0n) is 20.4. The Labute approximate surface area is 202 Å². The molecule has 2 aliphatic carbocycles. The molecule has 186 valence electrons. The molecule has 0 unspecified atom stereocenters. The van der Waals surface area contributed by atoms with Crippen molar-refractivity contribution in [2.24, 2.45) is 11.8 Å². The van der Waals surface area contributed by atoms with E-state index in [-0.39, 0.29) is 24.4 Å². The molecule has 0 bridgehead atoms. The smallest absolute Gasteiger partial charge is 0.0842 e. The van der Waals surface area contributed by atoms with Gasteiger partial charge in [-0.3, -0.25) is 0 Å². The number of hydrogen-bond acceptors (Lipinski definition) is 6. The van der Waals surface area contributed by atoms with E-state index in [2.05, 4.69) is 33.0 Å². The molecule has 4 heterocycles. The number of rotatable bonds is 9. The molecule has 0 radical (unpaired) electrons. The minimum Gasteiger partial charge on any atom is -0.370 e. The predicted octanol–water partition coefficient (Wildman–Crippen LogP) is 4.13. The van der Waals surface area contributed by atoms with E-state index in [0.29, 0.717) is 0 Å². The lowest BCUT2D eigenvalue weighted by atomic mass is 10.0. The third-order valence-electron chi connectivity index (χ3n) is 8.59. The molecule has 2 saturated heterocycles. The Morgan fingerprint density at radius 1 is 0.618 bits per heavy atom. The second-order valence-electron chi connectivity index (χ2n) is 11.3. The van der Waals surface area contributed by atoms with Crippen molar-refractivity contribution in [1.82, 2.24) is 30.0 Å². The van der Waals surface area contributed by atoms with Gasteiger partial charge >= 0.3 is 0 Å². The summed E-state index contributed by atoms with van der Waals surface area (Å²) in [5.41, 5.74) is 2.28. The van der Waals surface area contributed by atoms with Crippen LogP contribution >= 0.6 is 0 Å². The van der Waals surface area contributed by atoms with Crippen molar-refractivity contribution < 1.29 is 9.47 Å². The molecule has 4 atom stereocenters. The van der Waals surface area contributed by atoms with Gasteiger partial charge in [0, 0.05) is 12.4 Å². The second kappa shape index (κ2) is 10.4. The third kappa shape index (κ3) is 5.54. The highest BCUT2D eigenvalue weighted by Crippen LogP contribution is 2.33. The highest BCUT2D eigenvalue weighted by Gasteiger charge is 2.37. The molecule has 0 N–H and O–H groups in total. The predicted molar refractivity (Wildman–Crippen MR) is 127 cm³/mol. The molecule has 34 heavy (non-hydrogen) atoms. The molecule has 2 saturated carbocycles. The first-order valence-electron chi connectivity index (χ1n) is 13.9. The topological polar surface area (TPSA) is 79.9 Å². The summed E-state index contributed by atoms with van der Waals surface area (Å²) in [4.78, 5) is 0. The normalized spacial score (nSPS) is 30.7. The van der Waals surface area contributed by atoms with Crippen LogP contribution in [0.3, 0.4) is 0 Å². The minimum atomic E-state index is 0.199. The van der Waals surface area contributed by atoms with Gasteiger partial charge in [-0.2, -0.15) is 0 Å². The van der Waals surface area contributed by atoms with Crippen molar-refractivity contribution in [3.05, 3.63) is 23.8 Å². The van der Waals surface area contributed by atoms with Gasteiger partial charge < -0.3 is 9.47 Å². The number of aromatic nitrogens is 6. The first-order valence-corrected chi connectivity index (χ1v) is 13.9. The van der Waals surface area contributed by atoms with E-state index in [1.54, 1.807) is 0 Å². The molecule has 4 fully saturated rings. The highest BCUT2D eigenvalue weighted by molar-refractivity contribution is 4.97. The van der Waals surface area contributed by atoms with Gasteiger partial charge in [0.25, 0.3) is 0 Å². The average molecular weight is 469 g/mol. The molecule has 2 aromatic heterocycles. The van der Waals surface area contributed by atoms with Crippen molar-refractivity contribution in [2.45, 2.75) is 127 Å². The molecule has 0 aromatic carbocycles. The van der Waals surface area contributed by atoms with Crippen LogP contribution < -0.4 is 0 Å². The summed E-state index contributed by atoms with van der Waals surface area (Å²) < 4.78 is 16.8. The van der Waals surface area contributed by atoms with E-state index < -0.39 is 0 Å². The second-order valence-corrected chi connectivity index (χ2v) is 11.3. The minimum absolute atomic E-state index is 0.199. The number of hydrogen-bond donors (Lipinski definition) is 0. The van der Waals surface area contributed by atoms with Crippen LogP contribution in [0.4, 0.5) is 0 Å². The van der Waals surface area contributed by atoms with Gasteiger partial charge in [0.2, 0.25) is 0 Å². The van der Waals surface area contributed by atoms with Gasteiger partial charge in [-0.1, -0.05) is 61.8 Å². The van der Waals surface area contributed by atoms with Crippen molar-refractivity contribution >= 4 is 0 Å². The number of ether oxygens (including phenoxy) is 2. The molecular formula is C26H40N6O2. The molecule has 2 aromatic rings. The summed E-state index contributed by atoms with van der Waals surface area (Å²) >= 11 is 0. The van der Waals surface area contributed by atoms with Gasteiger partial charge in [-0.15, -0.1) is 10.2 Å². The van der Waals surface area contributed by atoms with Crippen LogP contribution in [0.25, 0.3) is 0 Å². The Hall–Kier alpha value is -1.80. The van der Waals surface area contributed by atoms with E-state index in [1.807, 2.05) is 9.36 Å². The van der Waals surface area contributed by atoms with E-state index in [9.17, 15) is 0 Å². The fourth-order valence-electron chi connectivity index (χ4n) is 6.76. The van der Waals surface area contributed by atoms with Crippen LogP contribution in [0.2, 0.25) is 0 Å². The maximum absolute atomic E-state index is 6.42. The summed E-state index contributed by atoms with van der Waals surface area (Å²) in [5, 5.41) is 17.6. The summed E-state index contributed by atoms with van der Waals surface area (Å²) in [5.74, 6) is 1.61. The van der Waals surface area contributed by atoms with Crippen LogP contribution in [-0.4, -0.2) is 54.4 Å². The molecule has 0 spiro atoms. The molecular weight excluding hydrogens is 428 g/mol. The van der Waals surface area contributed by atoms with Gasteiger partial charge in [0.1, 0.15) is 0 Å².